The summed E-state index contributed by atoms with van der Waals surface area (Å²) in [5, 5.41) is 11.9. The van der Waals surface area contributed by atoms with Gasteiger partial charge in [-0.2, -0.15) is 4.31 Å². The Balaban J connectivity index is 1.98. The molecule has 0 saturated carbocycles. The number of nitrogens with zero attached hydrogens (tertiary/aromatic N) is 4. The lowest BCUT2D eigenvalue weighted by Crippen LogP contribution is -2.27. The zero-order valence-electron chi connectivity index (χ0n) is 14.4. The van der Waals surface area contributed by atoms with Crippen LogP contribution in [-0.4, -0.2) is 40.7 Å². The fourth-order valence-corrected chi connectivity index (χ4v) is 5.29. The molecule has 0 radical (unpaired) electrons. The van der Waals surface area contributed by atoms with Crippen molar-refractivity contribution in [1.29, 1.82) is 0 Å². The van der Waals surface area contributed by atoms with Crippen LogP contribution in [0, 0.1) is 24.0 Å². The summed E-state index contributed by atoms with van der Waals surface area (Å²) in [6, 6.07) is 5.79. The van der Waals surface area contributed by atoms with Crippen molar-refractivity contribution in [2.24, 2.45) is 0 Å². The summed E-state index contributed by atoms with van der Waals surface area (Å²) in [5.74, 6) is 0. The molecule has 138 valence electrons. The molecule has 0 aliphatic carbocycles. The molecule has 2 heterocycles. The Labute approximate surface area is 155 Å². The first-order chi connectivity index (χ1) is 12.3. The maximum absolute atomic E-state index is 12.6. The van der Waals surface area contributed by atoms with Crippen molar-refractivity contribution in [3.8, 4) is 0 Å². The van der Waals surface area contributed by atoms with Crippen LogP contribution in [0.1, 0.15) is 24.2 Å². The van der Waals surface area contributed by atoms with Crippen LogP contribution in [0.15, 0.2) is 39.2 Å². The second-order valence-corrected chi connectivity index (χ2v) is 8.98. The molecule has 1 fully saturated rings. The van der Waals surface area contributed by atoms with E-state index < -0.39 is 14.9 Å². The molecule has 0 spiro atoms. The van der Waals surface area contributed by atoms with E-state index in [1.165, 1.54) is 16.4 Å². The average Bonchev–Trinajstić information content (AvgIpc) is 3.09. The second-order valence-electron chi connectivity index (χ2n) is 6.03. The van der Waals surface area contributed by atoms with Crippen molar-refractivity contribution >= 4 is 27.5 Å². The van der Waals surface area contributed by atoms with E-state index in [0.717, 1.165) is 42.1 Å². The van der Waals surface area contributed by atoms with E-state index in [1.807, 2.05) is 19.9 Å². The van der Waals surface area contributed by atoms with Gasteiger partial charge in [0.2, 0.25) is 10.0 Å². The first-order valence-corrected chi connectivity index (χ1v) is 10.3. The van der Waals surface area contributed by atoms with Gasteiger partial charge in [0.15, 0.2) is 5.16 Å². The van der Waals surface area contributed by atoms with Gasteiger partial charge in [-0.05, 0) is 56.7 Å². The minimum Gasteiger partial charge on any atom is -0.258 e. The molecule has 2 aromatic rings. The Hall–Kier alpha value is -2.04. The van der Waals surface area contributed by atoms with Crippen LogP contribution >= 0.6 is 11.8 Å². The summed E-state index contributed by atoms with van der Waals surface area (Å²) in [5.41, 5.74) is 1.25. The maximum Gasteiger partial charge on any atom is 0.284 e. The first kappa shape index (κ1) is 18.7. The highest BCUT2D eigenvalue weighted by atomic mass is 32.2. The Bertz CT molecular complexity index is 936. The number of benzene rings is 1. The molecule has 0 N–H and O–H groups in total. The van der Waals surface area contributed by atoms with Gasteiger partial charge < -0.3 is 0 Å². The minimum absolute atomic E-state index is 0.0585. The molecule has 1 aromatic carbocycles. The fraction of sp³-hybridized carbons (Fsp3) is 0.375. The van der Waals surface area contributed by atoms with Gasteiger partial charge in [-0.15, -0.1) is 0 Å². The van der Waals surface area contributed by atoms with E-state index in [2.05, 4.69) is 9.97 Å². The van der Waals surface area contributed by atoms with Crippen LogP contribution in [0.4, 0.5) is 5.69 Å². The predicted octanol–water partition coefficient (Wildman–Crippen LogP) is 2.94. The molecular weight excluding hydrogens is 376 g/mol. The van der Waals surface area contributed by atoms with Crippen molar-refractivity contribution in [2.45, 2.75) is 41.6 Å². The predicted molar refractivity (Wildman–Crippen MR) is 96.7 cm³/mol. The van der Waals surface area contributed by atoms with Gasteiger partial charge in [0.25, 0.3) is 5.69 Å². The normalized spacial score (nSPS) is 15.3. The molecule has 10 heteroatoms. The van der Waals surface area contributed by atoms with E-state index in [-0.39, 0.29) is 10.6 Å². The van der Waals surface area contributed by atoms with Crippen LogP contribution < -0.4 is 0 Å². The highest BCUT2D eigenvalue weighted by molar-refractivity contribution is 7.99. The minimum atomic E-state index is -3.71. The summed E-state index contributed by atoms with van der Waals surface area (Å²) in [7, 11) is -3.71. The number of rotatable bonds is 5. The van der Waals surface area contributed by atoms with Crippen LogP contribution in [0.3, 0.4) is 0 Å². The molecule has 0 bridgehead atoms. The SMILES string of the molecule is Cc1cc(C)nc(Sc2ccc(S(=O)(=O)N3CCCC3)cc2[N+](=O)[O-])n1. The van der Waals surface area contributed by atoms with Crippen LogP contribution in [0.25, 0.3) is 0 Å². The highest BCUT2D eigenvalue weighted by Gasteiger charge is 2.29. The number of hydrogen-bond acceptors (Lipinski definition) is 7. The topological polar surface area (TPSA) is 106 Å². The zero-order chi connectivity index (χ0) is 18.9. The van der Waals surface area contributed by atoms with Gasteiger partial charge in [0, 0.05) is 30.5 Å². The molecule has 26 heavy (non-hydrogen) atoms. The number of sulfonamides is 1. The summed E-state index contributed by atoms with van der Waals surface area (Å²) >= 11 is 1.05. The van der Waals surface area contributed by atoms with Crippen molar-refractivity contribution in [1.82, 2.24) is 14.3 Å². The van der Waals surface area contributed by atoms with E-state index >= 15 is 0 Å². The van der Waals surface area contributed by atoms with Crippen molar-refractivity contribution in [2.75, 3.05) is 13.1 Å². The third-order valence-corrected chi connectivity index (χ3v) is 6.82. The molecule has 1 aromatic heterocycles. The Morgan fingerprint density at radius 1 is 1.12 bits per heavy atom. The molecular formula is C16H18N4O4S2. The lowest BCUT2D eigenvalue weighted by Gasteiger charge is -2.15. The summed E-state index contributed by atoms with van der Waals surface area (Å²) in [6.45, 7) is 4.53. The third kappa shape index (κ3) is 3.87. The maximum atomic E-state index is 12.6. The first-order valence-electron chi connectivity index (χ1n) is 8.06. The molecule has 0 unspecified atom stereocenters. The molecule has 0 amide bonds. The lowest BCUT2D eigenvalue weighted by molar-refractivity contribution is -0.388. The summed E-state index contributed by atoms with van der Waals surface area (Å²) in [6.07, 6.45) is 1.61. The van der Waals surface area contributed by atoms with Crippen LogP contribution in [0.2, 0.25) is 0 Å². The molecule has 1 saturated heterocycles. The largest absolute Gasteiger partial charge is 0.284 e. The number of hydrogen-bond donors (Lipinski definition) is 0. The summed E-state index contributed by atoms with van der Waals surface area (Å²) in [4.78, 5) is 19.7. The molecule has 0 atom stereocenters. The van der Waals surface area contributed by atoms with Gasteiger partial charge >= 0.3 is 0 Å². The van der Waals surface area contributed by atoms with Gasteiger partial charge in [-0.3, -0.25) is 10.1 Å². The summed E-state index contributed by atoms with van der Waals surface area (Å²) < 4.78 is 26.6. The number of aryl methyl sites for hydroxylation is 2. The fourth-order valence-electron chi connectivity index (χ4n) is 2.80. The van der Waals surface area contributed by atoms with E-state index in [4.69, 9.17) is 0 Å². The van der Waals surface area contributed by atoms with Crippen LogP contribution in [0.5, 0.6) is 0 Å². The van der Waals surface area contributed by atoms with Crippen molar-refractivity contribution in [3.05, 3.63) is 45.8 Å². The van der Waals surface area contributed by atoms with Gasteiger partial charge in [0.1, 0.15) is 0 Å². The molecule has 3 rings (SSSR count). The molecule has 1 aliphatic rings. The Morgan fingerprint density at radius 2 is 1.73 bits per heavy atom. The smallest absolute Gasteiger partial charge is 0.258 e. The second kappa shape index (κ2) is 7.29. The Morgan fingerprint density at radius 3 is 2.31 bits per heavy atom. The van der Waals surface area contributed by atoms with Gasteiger partial charge in [0.05, 0.1) is 14.7 Å². The third-order valence-electron chi connectivity index (χ3n) is 3.99. The standard InChI is InChI=1S/C16H18N4O4S2/c1-11-9-12(2)18-16(17-11)25-15-6-5-13(10-14(15)20(21)22)26(23,24)19-7-3-4-8-19/h5-6,9-10H,3-4,7-8H2,1-2H3. The monoisotopic (exact) mass is 394 g/mol. The number of aromatic nitrogens is 2. The van der Waals surface area contributed by atoms with Gasteiger partial charge in [-0.25, -0.2) is 18.4 Å². The van der Waals surface area contributed by atoms with Crippen molar-refractivity contribution < 1.29 is 13.3 Å². The Kier molecular flexibility index (Phi) is 5.26. The lowest BCUT2D eigenvalue weighted by atomic mass is 10.3. The molecule has 1 aliphatic heterocycles. The van der Waals surface area contributed by atoms with E-state index in [0.29, 0.717) is 23.1 Å². The highest BCUT2D eigenvalue weighted by Crippen LogP contribution is 2.35. The average molecular weight is 394 g/mol. The van der Waals surface area contributed by atoms with E-state index in [9.17, 15) is 18.5 Å². The van der Waals surface area contributed by atoms with E-state index in [1.54, 1.807) is 0 Å². The van der Waals surface area contributed by atoms with Crippen molar-refractivity contribution in [3.63, 3.8) is 0 Å². The van der Waals surface area contributed by atoms with Crippen LogP contribution in [-0.2, 0) is 10.0 Å². The quantitative estimate of drug-likeness (QED) is 0.436. The number of nitro groups is 1. The van der Waals surface area contributed by atoms with Gasteiger partial charge in [-0.1, -0.05) is 0 Å². The molecule has 8 nitrogen and oxygen atoms in total. The number of nitro benzene ring substituents is 1. The zero-order valence-corrected chi connectivity index (χ0v) is 16.0.